The quantitative estimate of drug-likeness (QED) is 0.206. The van der Waals surface area contributed by atoms with Gasteiger partial charge in [-0.15, -0.1) is 0 Å². The van der Waals surface area contributed by atoms with Crippen molar-refractivity contribution in [2.75, 3.05) is 24.9 Å². The van der Waals surface area contributed by atoms with Gasteiger partial charge in [0.05, 0.1) is 34.3 Å². The Morgan fingerprint density at radius 3 is 2.40 bits per heavy atom. The highest BCUT2D eigenvalue weighted by Crippen LogP contribution is 2.33. The minimum Gasteiger partial charge on any atom is -0.442 e. The van der Waals surface area contributed by atoms with Crippen molar-refractivity contribution in [3.05, 3.63) is 65.9 Å². The fraction of sp³-hybridized carbons (Fsp3) is 0.320. The predicted octanol–water partition coefficient (Wildman–Crippen LogP) is 2.84. The monoisotopic (exact) mass is 626 g/mol. The number of alkyl halides is 3. The van der Waals surface area contributed by atoms with Crippen LogP contribution in [0.15, 0.2) is 64.1 Å². The minimum absolute atomic E-state index is 0.154. The summed E-state index contributed by atoms with van der Waals surface area (Å²) in [6, 6.07) is 12.5. The topological polar surface area (TPSA) is 152 Å². The fourth-order valence-electron chi connectivity index (χ4n) is 3.90. The fourth-order valence-corrected chi connectivity index (χ4v) is 4.78. The highest BCUT2D eigenvalue weighted by molar-refractivity contribution is 7.90. The summed E-state index contributed by atoms with van der Waals surface area (Å²) in [6.45, 7) is 3.42. The number of aromatic nitrogens is 4. The molecule has 2 aromatic heterocycles. The number of nitrogens with one attached hydrogen (secondary N) is 1. The Hall–Kier alpha value is -4.87. The molecular weight excluding hydrogens is 601 g/mol. The van der Waals surface area contributed by atoms with Crippen LogP contribution in [0.5, 0.6) is 0 Å². The zero-order valence-corrected chi connectivity index (χ0v) is 23.5. The van der Waals surface area contributed by atoms with Gasteiger partial charge in [0.1, 0.15) is 11.1 Å². The van der Waals surface area contributed by atoms with Crippen LogP contribution in [0.25, 0.3) is 16.9 Å². The first-order valence-corrected chi connectivity index (χ1v) is 14.2. The van der Waals surface area contributed by atoms with Crippen LogP contribution < -0.4 is 14.6 Å². The molecule has 0 spiro atoms. The highest BCUT2D eigenvalue weighted by atomic mass is 32.2. The van der Waals surface area contributed by atoms with Crippen LogP contribution in [0.1, 0.15) is 24.6 Å². The van der Waals surface area contributed by atoms with Gasteiger partial charge in [0.2, 0.25) is 0 Å². The van der Waals surface area contributed by atoms with E-state index < -0.39 is 40.1 Å². The third-order valence-corrected chi connectivity index (χ3v) is 7.56. The lowest BCUT2D eigenvalue weighted by Crippen LogP contribution is -2.58. The summed E-state index contributed by atoms with van der Waals surface area (Å²) < 4.78 is 83.6. The number of carbonyl (C=O) groups excluding carboxylic acids is 2. The molecule has 1 amide bonds. The number of hydrogen-bond acceptors (Lipinski definition) is 10. The summed E-state index contributed by atoms with van der Waals surface area (Å²) in [5, 5.41) is 6.19. The maximum Gasteiger partial charge on any atom is 0.435 e. The first-order chi connectivity index (χ1) is 20.3. The Kier molecular flexibility index (Phi) is 7.87. The molecule has 1 aliphatic rings. The average Bonchev–Trinajstić information content (AvgIpc) is 3.53. The molecule has 0 unspecified atom stereocenters. The SMILES string of the molecule is CCC(=O)OCOn1on1N1CC(OC(=O)NS(=O)(=O)c2ccc(-n3nc(C(F)(F)F)cc3-c3ccc(C)cc3)cc2)C1. The Morgan fingerprint density at radius 2 is 1.77 bits per heavy atom. The van der Waals surface area contributed by atoms with Crippen molar-refractivity contribution in [3.63, 3.8) is 0 Å². The van der Waals surface area contributed by atoms with Crippen molar-refractivity contribution >= 4 is 22.1 Å². The van der Waals surface area contributed by atoms with E-state index in [-0.39, 0.29) is 42.6 Å². The van der Waals surface area contributed by atoms with E-state index in [2.05, 4.69) is 5.10 Å². The van der Waals surface area contributed by atoms with Gasteiger partial charge >= 0.3 is 18.2 Å². The van der Waals surface area contributed by atoms with Crippen LogP contribution in [0.2, 0.25) is 0 Å². The van der Waals surface area contributed by atoms with Gasteiger partial charge < -0.3 is 14.3 Å². The van der Waals surface area contributed by atoms with E-state index in [9.17, 15) is 31.2 Å². The van der Waals surface area contributed by atoms with Gasteiger partial charge in [-0.05, 0) is 37.3 Å². The number of carbonyl (C=O) groups is 2. The molecule has 4 aromatic rings. The van der Waals surface area contributed by atoms with Crippen molar-refractivity contribution in [3.8, 4) is 16.9 Å². The van der Waals surface area contributed by atoms with Crippen LogP contribution in [0.4, 0.5) is 18.0 Å². The Balaban J connectivity index is 1.19. The van der Waals surface area contributed by atoms with Crippen LogP contribution in [-0.2, 0) is 30.5 Å². The Morgan fingerprint density at radius 1 is 1.09 bits per heavy atom. The molecule has 1 saturated heterocycles. The summed E-state index contributed by atoms with van der Waals surface area (Å²) in [5.41, 5.74) is 0.608. The average molecular weight is 627 g/mol. The number of ether oxygens (including phenoxy) is 2. The molecule has 230 valence electrons. The number of sulfonamides is 1. The summed E-state index contributed by atoms with van der Waals surface area (Å²) in [4.78, 5) is 29.2. The van der Waals surface area contributed by atoms with E-state index in [0.29, 0.717) is 5.56 Å². The van der Waals surface area contributed by atoms with E-state index in [1.807, 2.05) is 6.92 Å². The second-order valence-corrected chi connectivity index (χ2v) is 11.1. The molecule has 43 heavy (non-hydrogen) atoms. The van der Waals surface area contributed by atoms with E-state index in [4.69, 9.17) is 18.9 Å². The lowest BCUT2D eigenvalue weighted by molar-refractivity contribution is -0.159. The minimum atomic E-state index is -4.70. The van der Waals surface area contributed by atoms with E-state index in [1.165, 1.54) is 17.1 Å². The van der Waals surface area contributed by atoms with Crippen molar-refractivity contribution in [2.24, 2.45) is 0 Å². The van der Waals surface area contributed by atoms with E-state index >= 15 is 0 Å². The van der Waals surface area contributed by atoms with Crippen LogP contribution in [-0.4, -0.2) is 66.2 Å². The Bertz CT molecular complexity index is 1700. The number of benzene rings is 2. The van der Waals surface area contributed by atoms with Crippen LogP contribution in [0, 0.1) is 6.92 Å². The number of amides is 1. The number of halogens is 3. The second-order valence-electron chi connectivity index (χ2n) is 9.38. The maximum atomic E-state index is 13.5. The number of aryl methyl sites for hydroxylation is 1. The third-order valence-electron chi connectivity index (χ3n) is 6.23. The molecule has 3 heterocycles. The largest absolute Gasteiger partial charge is 0.442 e. The molecule has 18 heteroatoms. The molecule has 1 aliphatic heterocycles. The zero-order chi connectivity index (χ0) is 30.9. The molecule has 2 aromatic carbocycles. The summed E-state index contributed by atoms with van der Waals surface area (Å²) in [6.07, 6.45) is -6.39. The highest BCUT2D eigenvalue weighted by Gasteiger charge is 2.37. The molecule has 0 aliphatic carbocycles. The van der Waals surface area contributed by atoms with E-state index in [1.54, 1.807) is 40.9 Å². The smallest absolute Gasteiger partial charge is 0.435 e. The first-order valence-electron chi connectivity index (χ1n) is 12.7. The van der Waals surface area contributed by atoms with Crippen LogP contribution >= 0.6 is 0 Å². The van der Waals surface area contributed by atoms with Gasteiger partial charge in [0.15, 0.2) is 5.69 Å². The Labute approximate surface area is 242 Å². The lowest BCUT2D eigenvalue weighted by atomic mass is 10.1. The molecule has 0 bridgehead atoms. The second kappa shape index (κ2) is 11.4. The van der Waals surface area contributed by atoms with Crippen molar-refractivity contribution in [1.29, 1.82) is 0 Å². The van der Waals surface area contributed by atoms with Crippen LogP contribution in [0.3, 0.4) is 0 Å². The molecule has 14 nitrogen and oxygen atoms in total. The zero-order valence-electron chi connectivity index (χ0n) is 22.6. The van der Waals surface area contributed by atoms with Gasteiger partial charge in [0, 0.05) is 12.0 Å². The molecule has 1 N–H and O–H groups in total. The third kappa shape index (κ3) is 6.79. The lowest BCUT2D eigenvalue weighted by Gasteiger charge is -2.34. The summed E-state index contributed by atoms with van der Waals surface area (Å²) in [7, 11) is -4.37. The predicted molar refractivity (Wildman–Crippen MR) is 140 cm³/mol. The van der Waals surface area contributed by atoms with Gasteiger partial charge in [0.25, 0.3) is 16.8 Å². The van der Waals surface area contributed by atoms with E-state index in [0.717, 1.165) is 33.5 Å². The molecule has 0 radical (unpaired) electrons. The van der Waals surface area contributed by atoms with Gasteiger partial charge in [-0.3, -0.25) is 9.80 Å². The number of esters is 1. The molecule has 5 rings (SSSR count). The van der Waals surface area contributed by atoms with Gasteiger partial charge in [-0.1, -0.05) is 36.8 Å². The van der Waals surface area contributed by atoms with Crippen molar-refractivity contribution < 1.29 is 50.1 Å². The maximum absolute atomic E-state index is 13.5. The van der Waals surface area contributed by atoms with Crippen molar-refractivity contribution in [2.45, 2.75) is 37.4 Å². The normalized spacial score (nSPS) is 13.9. The number of nitrogens with zero attached hydrogens (tertiary/aromatic N) is 5. The number of hydrogen-bond donors (Lipinski definition) is 1. The van der Waals surface area contributed by atoms with Gasteiger partial charge in [-0.2, -0.15) is 22.9 Å². The number of rotatable bonds is 10. The first kappa shape index (κ1) is 29.6. The molecule has 1 fully saturated rings. The molecule has 0 atom stereocenters. The standard InChI is InChI=1S/C25H25F3N6O8S/c1-3-23(35)39-15-40-34-33(42-34)31-13-19(14-31)41-24(36)30-43(37,38)20-10-8-18(9-11-20)32-21(12-22(29-32)25(26,27)28)17-6-4-16(2)5-7-17/h4-12,19H,3,13-15H2,1-2H3,(H,30,36). The molecular formula is C25H25F3N6O8S. The van der Waals surface area contributed by atoms with Gasteiger partial charge in [-0.25, -0.2) is 22.6 Å². The summed E-state index contributed by atoms with van der Waals surface area (Å²) in [5.74, 6) is -0.451. The summed E-state index contributed by atoms with van der Waals surface area (Å²) >= 11 is 0. The van der Waals surface area contributed by atoms with Crippen molar-refractivity contribution in [1.82, 2.24) is 24.5 Å². The molecule has 0 saturated carbocycles.